The van der Waals surface area contributed by atoms with E-state index in [-0.39, 0.29) is 29.8 Å². The highest BCUT2D eigenvalue weighted by Gasteiger charge is 2.35. The molecule has 3 rings (SSSR count). The molecule has 2 aromatic rings. The van der Waals surface area contributed by atoms with Crippen molar-refractivity contribution in [2.24, 2.45) is 5.16 Å². The van der Waals surface area contributed by atoms with Gasteiger partial charge in [-0.3, -0.25) is 0 Å². The number of methoxy groups -OCH3 is 1. The maximum absolute atomic E-state index is 13.4. The summed E-state index contributed by atoms with van der Waals surface area (Å²) in [5.41, 5.74) is -0.682. The molecule has 1 aliphatic rings. The molecule has 1 aromatic heterocycles. The molecular weight excluding hydrogens is 475 g/mol. The van der Waals surface area contributed by atoms with E-state index in [1.54, 1.807) is 12.1 Å². The number of nitrogens with zero attached hydrogens (tertiary/aromatic N) is 3. The van der Waals surface area contributed by atoms with Gasteiger partial charge in [-0.25, -0.2) is 23.2 Å². The van der Waals surface area contributed by atoms with Crippen molar-refractivity contribution in [3.63, 3.8) is 0 Å². The Morgan fingerprint density at radius 1 is 1.12 bits per heavy atom. The first-order valence-electron chi connectivity index (χ1n) is 10.7. The minimum Gasteiger partial charge on any atom is -0.496 e. The van der Waals surface area contributed by atoms with E-state index in [0.29, 0.717) is 6.07 Å². The first-order chi connectivity index (χ1) is 16.1. The average Bonchev–Trinajstić information content (AvgIpc) is 2.82. The number of oxime groups is 1. The molecule has 0 N–H and O–H groups in total. The summed E-state index contributed by atoms with van der Waals surface area (Å²) in [4.78, 5) is 23.8. The molecule has 8 nitrogen and oxygen atoms in total. The Hall–Kier alpha value is -3.02. The van der Waals surface area contributed by atoms with E-state index < -0.39 is 38.6 Å². The van der Waals surface area contributed by atoms with Crippen LogP contribution >= 0.6 is 0 Å². The second kappa shape index (κ2) is 10.9. The van der Waals surface area contributed by atoms with Gasteiger partial charge in [0.15, 0.2) is 0 Å². The van der Waals surface area contributed by atoms with Crippen molar-refractivity contribution in [2.45, 2.75) is 56.3 Å². The smallest absolute Gasteiger partial charge is 0.433 e. The third kappa shape index (κ3) is 6.75. The Bertz CT molecular complexity index is 1160. The van der Waals surface area contributed by atoms with Crippen molar-refractivity contribution in [3.05, 3.63) is 36.0 Å². The van der Waals surface area contributed by atoms with Crippen LogP contribution in [-0.2, 0) is 25.6 Å². The molecule has 184 valence electrons. The first-order valence-corrected chi connectivity index (χ1v) is 12.3. The van der Waals surface area contributed by atoms with Gasteiger partial charge >= 0.3 is 12.1 Å². The summed E-state index contributed by atoms with van der Waals surface area (Å²) in [6.45, 7) is 0. The highest BCUT2D eigenvalue weighted by molar-refractivity contribution is 7.91. The minimum atomic E-state index is -4.90. The van der Waals surface area contributed by atoms with E-state index >= 15 is 0 Å². The normalized spacial score (nSPS) is 14.5. The standard InChI is InChI=1S/C22H24F3N3O5S/c1-32-18-11-6-5-10-16(18)17-14-19(22(23,24)25)27-21(26-17)34(30,31)13-7-12-20(29)33-28-15-8-3-2-4-9-15/h5-6,10-11,14H,2-4,7-9,12-13H2,1H3. The predicted molar refractivity (Wildman–Crippen MR) is 117 cm³/mol. The summed E-state index contributed by atoms with van der Waals surface area (Å²) in [6, 6.07) is 6.81. The fourth-order valence-corrected chi connectivity index (χ4v) is 4.60. The maximum Gasteiger partial charge on any atom is 0.433 e. The number of sulfone groups is 1. The molecule has 0 aliphatic heterocycles. The molecule has 0 saturated heterocycles. The van der Waals surface area contributed by atoms with Crippen molar-refractivity contribution in [3.8, 4) is 17.0 Å². The van der Waals surface area contributed by atoms with Crippen molar-refractivity contribution in [1.82, 2.24) is 9.97 Å². The third-order valence-corrected chi connectivity index (χ3v) is 6.72. The van der Waals surface area contributed by atoms with Crippen molar-refractivity contribution in [1.29, 1.82) is 0 Å². The van der Waals surface area contributed by atoms with E-state index in [9.17, 15) is 26.4 Å². The Kier molecular flexibility index (Phi) is 8.24. The maximum atomic E-state index is 13.4. The summed E-state index contributed by atoms with van der Waals surface area (Å²) in [5, 5.41) is 2.84. The SMILES string of the molecule is COc1ccccc1-c1cc(C(F)(F)F)nc(S(=O)(=O)CCCC(=O)ON=C2CCCCC2)n1. The van der Waals surface area contributed by atoms with Gasteiger partial charge in [0.1, 0.15) is 11.4 Å². The van der Waals surface area contributed by atoms with Crippen LogP contribution in [0, 0.1) is 0 Å². The van der Waals surface area contributed by atoms with Gasteiger partial charge in [0.2, 0.25) is 15.0 Å². The van der Waals surface area contributed by atoms with Gasteiger partial charge in [0.25, 0.3) is 0 Å². The van der Waals surface area contributed by atoms with Crippen LogP contribution in [0.3, 0.4) is 0 Å². The largest absolute Gasteiger partial charge is 0.496 e. The van der Waals surface area contributed by atoms with Gasteiger partial charge in [-0.1, -0.05) is 23.7 Å². The van der Waals surface area contributed by atoms with Gasteiger partial charge in [-0.05, 0) is 50.3 Å². The van der Waals surface area contributed by atoms with Crippen LogP contribution < -0.4 is 4.74 Å². The lowest BCUT2D eigenvalue weighted by atomic mass is 9.99. The number of carbonyl (C=O) groups excluding carboxylic acids is 1. The van der Waals surface area contributed by atoms with E-state index in [4.69, 9.17) is 9.57 Å². The molecule has 0 radical (unpaired) electrons. The topological polar surface area (TPSA) is 108 Å². The molecule has 1 aliphatic carbocycles. The molecule has 0 atom stereocenters. The summed E-state index contributed by atoms with van der Waals surface area (Å²) >= 11 is 0. The van der Waals surface area contributed by atoms with Crippen LogP contribution in [0.2, 0.25) is 0 Å². The predicted octanol–water partition coefficient (Wildman–Crippen LogP) is 4.59. The zero-order valence-electron chi connectivity index (χ0n) is 18.5. The Balaban J connectivity index is 1.77. The summed E-state index contributed by atoms with van der Waals surface area (Å²) in [7, 11) is -3.00. The summed E-state index contributed by atoms with van der Waals surface area (Å²) < 4.78 is 70.9. The molecule has 0 unspecified atom stereocenters. The number of carbonyl (C=O) groups is 1. The quantitative estimate of drug-likeness (QED) is 0.297. The van der Waals surface area contributed by atoms with E-state index in [2.05, 4.69) is 15.1 Å². The highest BCUT2D eigenvalue weighted by atomic mass is 32.2. The zero-order chi connectivity index (χ0) is 24.8. The van der Waals surface area contributed by atoms with Crippen LogP contribution in [0.4, 0.5) is 13.2 Å². The third-order valence-electron chi connectivity index (χ3n) is 5.16. The second-order valence-electron chi connectivity index (χ2n) is 7.72. The number of rotatable bonds is 8. The zero-order valence-corrected chi connectivity index (χ0v) is 19.3. The van der Waals surface area contributed by atoms with Crippen LogP contribution in [0.5, 0.6) is 5.75 Å². The van der Waals surface area contributed by atoms with Crippen LogP contribution in [0.25, 0.3) is 11.3 Å². The molecule has 0 amide bonds. The first kappa shape index (κ1) is 25.6. The monoisotopic (exact) mass is 499 g/mol. The lowest BCUT2D eigenvalue weighted by molar-refractivity contribution is -0.144. The molecule has 1 heterocycles. The lowest BCUT2D eigenvalue weighted by Crippen LogP contribution is -2.17. The van der Waals surface area contributed by atoms with Crippen molar-refractivity contribution >= 4 is 21.5 Å². The fraction of sp³-hybridized carbons (Fsp3) is 0.455. The summed E-state index contributed by atoms with van der Waals surface area (Å²) in [6.07, 6.45) is -0.797. The van der Waals surface area contributed by atoms with Gasteiger partial charge in [-0.15, -0.1) is 0 Å². The van der Waals surface area contributed by atoms with Crippen molar-refractivity contribution < 1.29 is 36.0 Å². The number of alkyl halides is 3. The molecular formula is C22H24F3N3O5S. The van der Waals surface area contributed by atoms with Gasteiger partial charge < -0.3 is 9.57 Å². The number of aromatic nitrogens is 2. The molecule has 1 aromatic carbocycles. The van der Waals surface area contributed by atoms with E-state index in [1.165, 1.54) is 19.2 Å². The van der Waals surface area contributed by atoms with E-state index in [0.717, 1.165) is 37.8 Å². The fourth-order valence-electron chi connectivity index (χ4n) is 3.41. The molecule has 34 heavy (non-hydrogen) atoms. The second-order valence-corrected chi connectivity index (χ2v) is 9.73. The lowest BCUT2D eigenvalue weighted by Gasteiger charge is -2.13. The molecule has 1 fully saturated rings. The number of para-hydroxylation sites is 1. The van der Waals surface area contributed by atoms with E-state index in [1.807, 2.05) is 0 Å². The number of hydrogen-bond acceptors (Lipinski definition) is 8. The minimum absolute atomic E-state index is 0.180. The molecule has 0 spiro atoms. The highest BCUT2D eigenvalue weighted by Crippen LogP contribution is 2.34. The Morgan fingerprint density at radius 3 is 2.50 bits per heavy atom. The van der Waals surface area contributed by atoms with Gasteiger partial charge in [0, 0.05) is 12.0 Å². The summed E-state index contributed by atoms with van der Waals surface area (Å²) in [5.74, 6) is -1.13. The molecule has 0 bridgehead atoms. The Labute approximate surface area is 195 Å². The van der Waals surface area contributed by atoms with Gasteiger partial charge in [0.05, 0.1) is 24.3 Å². The van der Waals surface area contributed by atoms with Crippen LogP contribution in [-0.4, -0.2) is 42.9 Å². The number of ether oxygens (including phenoxy) is 1. The van der Waals surface area contributed by atoms with Gasteiger partial charge in [-0.2, -0.15) is 13.2 Å². The Morgan fingerprint density at radius 2 is 1.82 bits per heavy atom. The number of benzene rings is 1. The van der Waals surface area contributed by atoms with Crippen LogP contribution in [0.15, 0.2) is 40.6 Å². The van der Waals surface area contributed by atoms with Crippen molar-refractivity contribution in [2.75, 3.05) is 12.9 Å². The molecule has 12 heteroatoms. The van der Waals surface area contributed by atoms with Crippen LogP contribution in [0.1, 0.15) is 50.6 Å². The molecule has 1 saturated carbocycles. The number of hydrogen-bond donors (Lipinski definition) is 0. The average molecular weight is 500 g/mol. The number of halogens is 3.